The second-order valence-electron chi connectivity index (χ2n) is 1.57. The zero-order valence-corrected chi connectivity index (χ0v) is 13.8. The van der Waals surface area contributed by atoms with Crippen LogP contribution in [0.5, 0.6) is 0 Å². The Balaban J connectivity index is -0.000000125. The van der Waals surface area contributed by atoms with Gasteiger partial charge in [0.2, 0.25) is 0 Å². The molecular formula is C8H9Cl5Pt. The number of halogens is 5. The molecule has 0 aromatic heterocycles. The van der Waals surface area contributed by atoms with E-state index < -0.39 is 0 Å². The third kappa shape index (κ3) is 4.56. The van der Waals surface area contributed by atoms with Crippen LogP contribution in [0.2, 0.25) is 25.1 Å². The maximum absolute atomic E-state index is 5.57. The topological polar surface area (TPSA) is 0 Å². The van der Waals surface area contributed by atoms with Gasteiger partial charge in [-0.2, -0.15) is 34.8 Å². The minimum absolute atomic E-state index is 0. The summed E-state index contributed by atoms with van der Waals surface area (Å²) in [4.78, 5) is 0. The van der Waals surface area contributed by atoms with Crippen LogP contribution >= 0.6 is 58.0 Å². The van der Waals surface area contributed by atoms with Gasteiger partial charge in [-0.1, -0.05) is 10.0 Å². The largest absolute Gasteiger partial charge is 4.00 e. The molecule has 0 aliphatic rings. The molecule has 1 aromatic rings. The van der Waals surface area contributed by atoms with E-state index in [1.165, 1.54) is 0 Å². The van der Waals surface area contributed by atoms with E-state index >= 15 is 0 Å². The molecule has 0 spiro atoms. The molecule has 0 aliphatic heterocycles. The quantitative estimate of drug-likeness (QED) is 0.401. The fourth-order valence-electron chi connectivity index (χ4n) is 0.482. The van der Waals surface area contributed by atoms with Gasteiger partial charge in [-0.15, -0.1) is 23.2 Å². The van der Waals surface area contributed by atoms with Crippen molar-refractivity contribution in [2.45, 2.75) is 0 Å². The molecule has 0 aliphatic carbocycles. The van der Waals surface area contributed by atoms with Crippen LogP contribution in [-0.4, -0.2) is 0 Å². The molecule has 0 fully saturated rings. The summed E-state index contributed by atoms with van der Waals surface area (Å²) in [5, 5.41) is 1.03. The van der Waals surface area contributed by atoms with Crippen molar-refractivity contribution in [2.24, 2.45) is 0 Å². The minimum atomic E-state index is 0. The van der Waals surface area contributed by atoms with Crippen LogP contribution < -0.4 is 0 Å². The number of rotatable bonds is 0. The van der Waals surface area contributed by atoms with Crippen molar-refractivity contribution in [1.82, 2.24) is 0 Å². The Labute approximate surface area is 125 Å². The summed E-state index contributed by atoms with van der Waals surface area (Å²) in [5.41, 5.74) is 0. The van der Waals surface area contributed by atoms with Gasteiger partial charge < -0.3 is 22.3 Å². The van der Waals surface area contributed by atoms with Gasteiger partial charge in [0.1, 0.15) is 0 Å². The first-order valence-corrected chi connectivity index (χ1v) is 4.08. The summed E-state index contributed by atoms with van der Waals surface area (Å²) in [7, 11) is 0. The average molecular weight is 478 g/mol. The molecule has 6 heteroatoms. The fourth-order valence-corrected chi connectivity index (χ4v) is 1.67. The maximum atomic E-state index is 5.57. The molecule has 86 valence electrons. The summed E-state index contributed by atoms with van der Waals surface area (Å²) in [6.07, 6.45) is 0. The second kappa shape index (κ2) is 9.70. The minimum Gasteiger partial charge on any atom is -0.358 e. The zero-order chi connectivity index (χ0) is 7.89. The van der Waals surface area contributed by atoms with Crippen LogP contribution in [0.15, 0.2) is 0 Å². The van der Waals surface area contributed by atoms with E-state index in [9.17, 15) is 0 Å². The summed E-state index contributed by atoms with van der Waals surface area (Å²) in [6.45, 7) is 0. The normalized spacial score (nSPS) is 7.50. The molecule has 0 nitrogen and oxygen atoms in total. The summed E-state index contributed by atoms with van der Waals surface area (Å²) in [6, 6.07) is 0. The fraction of sp³-hybridized carbons (Fsp3) is 0. The Kier molecular flexibility index (Phi) is 17.1. The average Bonchev–Trinajstić information content (AvgIpc) is 2.07. The first-order valence-electron chi connectivity index (χ1n) is 2.19. The van der Waals surface area contributed by atoms with Crippen LogP contribution in [0.25, 0.3) is 0 Å². The molecule has 0 radical (unpaired) electrons. The standard InChI is InChI=1S/C5Cl5.3CH3.Pt/c6-1-2(7)4(9)5(10)3(1)8;;;;/h;3*1H3;/q4*-1;+4. The first-order chi connectivity index (χ1) is 4.55. The van der Waals surface area contributed by atoms with E-state index in [0.29, 0.717) is 0 Å². The predicted octanol–water partition coefficient (Wildman–Crippen LogP) is 6.02. The van der Waals surface area contributed by atoms with Crippen LogP contribution in [-0.2, 0) is 21.1 Å². The van der Waals surface area contributed by atoms with E-state index in [1.54, 1.807) is 0 Å². The van der Waals surface area contributed by atoms with Gasteiger partial charge in [-0.3, -0.25) is 0 Å². The molecule has 0 N–H and O–H groups in total. The van der Waals surface area contributed by atoms with E-state index in [4.69, 9.17) is 58.0 Å². The van der Waals surface area contributed by atoms with Gasteiger partial charge >= 0.3 is 21.1 Å². The van der Waals surface area contributed by atoms with Gasteiger partial charge in [0.05, 0.1) is 0 Å². The molecule has 0 saturated heterocycles. The molecule has 0 heterocycles. The van der Waals surface area contributed by atoms with Crippen molar-refractivity contribution < 1.29 is 21.1 Å². The zero-order valence-electron chi connectivity index (χ0n) is 7.71. The van der Waals surface area contributed by atoms with Crippen LogP contribution in [0, 0.1) is 22.3 Å². The summed E-state index contributed by atoms with van der Waals surface area (Å²) < 4.78 is 0. The van der Waals surface area contributed by atoms with E-state index in [2.05, 4.69) is 0 Å². The van der Waals surface area contributed by atoms with E-state index in [-0.39, 0.29) is 68.5 Å². The maximum Gasteiger partial charge on any atom is 4.00 e. The molecule has 0 amide bonds. The van der Waals surface area contributed by atoms with Crippen molar-refractivity contribution in [3.8, 4) is 0 Å². The molecule has 0 saturated carbocycles. The van der Waals surface area contributed by atoms with Crippen LogP contribution in [0.4, 0.5) is 0 Å². The van der Waals surface area contributed by atoms with Crippen molar-refractivity contribution in [2.75, 3.05) is 0 Å². The van der Waals surface area contributed by atoms with Crippen molar-refractivity contribution in [3.63, 3.8) is 0 Å². The Morgan fingerprint density at radius 1 is 0.714 bits per heavy atom. The third-order valence-electron chi connectivity index (χ3n) is 0.964. The van der Waals surface area contributed by atoms with Crippen molar-refractivity contribution >= 4 is 58.0 Å². The van der Waals surface area contributed by atoms with Gasteiger partial charge in [-0.25, -0.2) is 0 Å². The molecule has 1 aromatic carbocycles. The van der Waals surface area contributed by atoms with Gasteiger partial charge in [0.25, 0.3) is 0 Å². The molecule has 14 heavy (non-hydrogen) atoms. The molecular weight excluding hydrogens is 468 g/mol. The second-order valence-corrected chi connectivity index (χ2v) is 3.46. The summed E-state index contributed by atoms with van der Waals surface area (Å²) >= 11 is 27.9. The third-order valence-corrected chi connectivity index (χ3v) is 3.34. The SMILES string of the molecule is Clc1c(Cl)c(Cl)[c-](Cl)c1Cl.[CH3-].[CH3-].[CH3-].[Pt+4]. The Morgan fingerprint density at radius 2 is 0.929 bits per heavy atom. The predicted molar refractivity (Wildman–Crippen MR) is 66.3 cm³/mol. The summed E-state index contributed by atoms with van der Waals surface area (Å²) in [5.74, 6) is 0. The van der Waals surface area contributed by atoms with Crippen LogP contribution in [0.3, 0.4) is 0 Å². The monoisotopic (exact) mass is 475 g/mol. The van der Waals surface area contributed by atoms with Crippen molar-refractivity contribution in [3.05, 3.63) is 47.4 Å². The van der Waals surface area contributed by atoms with E-state index in [1.807, 2.05) is 0 Å². The Bertz CT molecular complexity index is 189. The van der Waals surface area contributed by atoms with Gasteiger partial charge in [0.15, 0.2) is 0 Å². The Morgan fingerprint density at radius 3 is 1.00 bits per heavy atom. The molecule has 0 atom stereocenters. The first kappa shape index (κ1) is 24.6. The number of hydrogen-bond donors (Lipinski definition) is 0. The Hall–Kier alpha value is 1.49. The smallest absolute Gasteiger partial charge is 0.358 e. The molecule has 1 rings (SSSR count). The van der Waals surface area contributed by atoms with Gasteiger partial charge in [0, 0.05) is 0 Å². The molecule has 0 bridgehead atoms. The number of hydrogen-bond acceptors (Lipinski definition) is 0. The van der Waals surface area contributed by atoms with Crippen molar-refractivity contribution in [1.29, 1.82) is 0 Å². The van der Waals surface area contributed by atoms with E-state index in [0.717, 1.165) is 0 Å². The molecule has 0 unspecified atom stereocenters. The van der Waals surface area contributed by atoms with Crippen LogP contribution in [0.1, 0.15) is 0 Å². The van der Waals surface area contributed by atoms with Gasteiger partial charge in [-0.05, 0) is 15.1 Å².